The Balaban J connectivity index is 1.04. The number of aryl methyl sites for hydroxylation is 2. The first-order chi connectivity index (χ1) is 33.4. The Morgan fingerprint density at radius 3 is 1.38 bits per heavy atom. The van der Waals surface area contributed by atoms with Crippen molar-refractivity contribution in [2.75, 3.05) is 4.90 Å². The first kappa shape index (κ1) is 43.0. The topological polar surface area (TPSA) is 59.0 Å². The number of para-hydroxylation sites is 1. The summed E-state index contributed by atoms with van der Waals surface area (Å²) in [6.45, 7) is 0. The van der Waals surface area contributed by atoms with Gasteiger partial charge in [0.1, 0.15) is 0 Å². The van der Waals surface area contributed by atoms with Crippen LogP contribution in [0.25, 0.3) is 78.3 Å². The zero-order chi connectivity index (χ0) is 46.0. The fraction of sp³-hybridized carbons (Fsp3) is 0.0492. The normalized spacial score (nSPS) is 11.9. The number of anilines is 2. The van der Waals surface area contributed by atoms with E-state index in [-0.39, 0.29) is 5.91 Å². The van der Waals surface area contributed by atoms with E-state index in [0.717, 1.165) is 106 Å². The number of fused-ring (bicyclic) bond motifs is 1. The molecule has 0 atom stereocenters. The largest absolute Gasteiger partial charge is 0.275 e. The third-order valence-corrected chi connectivity index (χ3v) is 13.7. The number of benzene rings is 7. The van der Waals surface area contributed by atoms with Crippen LogP contribution in [-0.2, 0) is 12.8 Å². The van der Waals surface area contributed by atoms with Crippen LogP contribution in [0.2, 0.25) is 0 Å². The van der Waals surface area contributed by atoms with Gasteiger partial charge in [0, 0.05) is 60.4 Å². The number of rotatable bonds is 10. The Bertz CT molecular complexity index is 3310. The Kier molecular flexibility index (Phi) is 12.0. The van der Waals surface area contributed by atoms with Gasteiger partial charge in [-0.25, -0.2) is 0 Å². The van der Waals surface area contributed by atoms with Crippen molar-refractivity contribution >= 4 is 49.1 Å². The first-order valence-corrected chi connectivity index (χ1v) is 24.3. The molecular weight excluding hydrogens is 965 g/mol. The van der Waals surface area contributed by atoms with Gasteiger partial charge in [0.05, 0.1) is 29.0 Å². The van der Waals surface area contributed by atoms with Gasteiger partial charge in [-0.2, -0.15) is 0 Å². The van der Waals surface area contributed by atoms with E-state index in [1.807, 2.05) is 122 Å². The van der Waals surface area contributed by atoms with Crippen LogP contribution in [-0.4, -0.2) is 20.9 Å². The molecule has 0 spiro atoms. The van der Waals surface area contributed by atoms with Crippen molar-refractivity contribution in [1.29, 1.82) is 0 Å². The third-order valence-electron chi connectivity index (χ3n) is 12.7. The molecule has 0 saturated carbocycles. The fourth-order valence-electron chi connectivity index (χ4n) is 9.29. The van der Waals surface area contributed by atoms with Gasteiger partial charge >= 0.3 is 0 Å². The summed E-state index contributed by atoms with van der Waals surface area (Å²) in [6.07, 6.45) is 9.10. The fourth-order valence-corrected chi connectivity index (χ4v) is 10.1. The summed E-state index contributed by atoms with van der Waals surface area (Å²) in [5, 5.41) is 0. The highest BCUT2D eigenvalue weighted by Gasteiger charge is 2.24. The van der Waals surface area contributed by atoms with E-state index >= 15 is 4.79 Å². The number of carbonyl (C=O) groups is 1. The van der Waals surface area contributed by atoms with Crippen LogP contribution in [0.1, 0.15) is 27.9 Å². The van der Waals surface area contributed by atoms with E-state index in [1.165, 1.54) is 17.5 Å². The second-order valence-corrected chi connectivity index (χ2v) is 18.8. The molecule has 1 aliphatic rings. The molecule has 0 fully saturated rings. The lowest BCUT2D eigenvalue weighted by atomic mass is 9.89. The smallest absolute Gasteiger partial charge is 0.262 e. The molecular formula is C61H42Br2N4O. The van der Waals surface area contributed by atoms with Crippen molar-refractivity contribution in [2.45, 2.75) is 19.3 Å². The van der Waals surface area contributed by atoms with Gasteiger partial charge in [-0.15, -0.1) is 0 Å². The SMILES string of the molecule is O=C(c1cc(-c2ccccc2-c2ccc(-c3cccc(Br)c3)nc2)cc(-c2ccccc2-c2ccc(-c3cccc(Br)c3)nc2)c1)N(c1ccccc1)c1ccc(-c2ccc3c(c2)CCC3)nc1. The Labute approximate surface area is 413 Å². The number of amides is 1. The molecule has 326 valence electrons. The van der Waals surface area contributed by atoms with Crippen LogP contribution in [0.5, 0.6) is 0 Å². The van der Waals surface area contributed by atoms with Crippen LogP contribution < -0.4 is 4.90 Å². The van der Waals surface area contributed by atoms with Crippen LogP contribution in [0, 0.1) is 0 Å². The van der Waals surface area contributed by atoms with Gasteiger partial charge in [-0.1, -0.05) is 147 Å². The average Bonchev–Trinajstić information content (AvgIpc) is 3.88. The molecule has 7 heteroatoms. The number of nitrogens with zero attached hydrogens (tertiary/aromatic N) is 4. The van der Waals surface area contributed by atoms with Gasteiger partial charge in [0.2, 0.25) is 0 Å². The van der Waals surface area contributed by atoms with Crippen LogP contribution in [0.15, 0.2) is 228 Å². The molecule has 68 heavy (non-hydrogen) atoms. The maximum Gasteiger partial charge on any atom is 0.262 e. The quantitative estimate of drug-likeness (QED) is 0.137. The minimum atomic E-state index is -0.179. The molecule has 3 heterocycles. The maximum atomic E-state index is 15.6. The highest BCUT2D eigenvalue weighted by molar-refractivity contribution is 9.10. The summed E-state index contributed by atoms with van der Waals surface area (Å²) in [6, 6.07) is 68.1. The monoisotopic (exact) mass is 1000 g/mol. The van der Waals surface area contributed by atoms with Crippen LogP contribution in [0.3, 0.4) is 0 Å². The third kappa shape index (κ3) is 8.86. The number of hydrogen-bond acceptors (Lipinski definition) is 4. The molecule has 10 aromatic rings. The standard InChI is InChI=1S/C61H42Br2N4O/c62-50-15-9-13-42(35-50)58-28-25-45(37-64-58)54-19-4-6-21-56(54)47-32-48(57-22-7-5-20-55(57)46-26-29-59(65-38-46)43-14-10-16-51(63)36-43)34-49(33-47)61(68)67(52-17-2-1-3-18-52)53-27-30-60(66-39-53)44-24-23-40-11-8-12-41(40)31-44/h1-7,9-10,13-39H,8,11-12H2. The lowest BCUT2D eigenvalue weighted by Gasteiger charge is -2.24. The Hall–Kier alpha value is -7.58. The molecule has 0 unspecified atom stereocenters. The predicted molar refractivity (Wildman–Crippen MR) is 285 cm³/mol. The molecule has 0 radical (unpaired) electrons. The molecule has 5 nitrogen and oxygen atoms in total. The molecule has 0 saturated heterocycles. The second kappa shape index (κ2) is 19.0. The maximum absolute atomic E-state index is 15.6. The summed E-state index contributed by atoms with van der Waals surface area (Å²) in [5.41, 5.74) is 18.2. The number of pyridine rings is 3. The van der Waals surface area contributed by atoms with Crippen molar-refractivity contribution in [1.82, 2.24) is 15.0 Å². The van der Waals surface area contributed by atoms with Gasteiger partial charge in [0.15, 0.2) is 0 Å². The number of aromatic nitrogens is 3. The highest BCUT2D eigenvalue weighted by atomic mass is 79.9. The van der Waals surface area contributed by atoms with Crippen molar-refractivity contribution in [3.63, 3.8) is 0 Å². The minimum absolute atomic E-state index is 0.179. The Morgan fingerprint density at radius 1 is 0.382 bits per heavy atom. The molecule has 0 aliphatic heterocycles. The molecule has 1 aliphatic carbocycles. The minimum Gasteiger partial charge on any atom is -0.275 e. The molecule has 0 bridgehead atoms. The van der Waals surface area contributed by atoms with Gasteiger partial charge in [-0.3, -0.25) is 24.6 Å². The molecule has 7 aromatic carbocycles. The predicted octanol–water partition coefficient (Wildman–Crippen LogP) is 16.5. The lowest BCUT2D eigenvalue weighted by molar-refractivity contribution is 0.0999. The average molecular weight is 1010 g/mol. The van der Waals surface area contributed by atoms with E-state index in [2.05, 4.69) is 129 Å². The highest BCUT2D eigenvalue weighted by Crippen LogP contribution is 2.40. The molecule has 0 N–H and O–H groups in total. The summed E-state index contributed by atoms with van der Waals surface area (Å²) in [4.78, 5) is 32.2. The summed E-state index contributed by atoms with van der Waals surface area (Å²) >= 11 is 7.22. The van der Waals surface area contributed by atoms with E-state index in [0.29, 0.717) is 11.3 Å². The number of hydrogen-bond donors (Lipinski definition) is 0. The van der Waals surface area contributed by atoms with Crippen LogP contribution >= 0.6 is 31.9 Å². The lowest BCUT2D eigenvalue weighted by Crippen LogP contribution is -2.26. The van der Waals surface area contributed by atoms with E-state index in [1.54, 1.807) is 4.90 Å². The van der Waals surface area contributed by atoms with Crippen molar-refractivity contribution in [2.24, 2.45) is 0 Å². The van der Waals surface area contributed by atoms with E-state index in [9.17, 15) is 0 Å². The van der Waals surface area contributed by atoms with Gasteiger partial charge < -0.3 is 0 Å². The summed E-state index contributed by atoms with van der Waals surface area (Å²) < 4.78 is 2.00. The number of halogens is 2. The summed E-state index contributed by atoms with van der Waals surface area (Å²) in [7, 11) is 0. The molecule has 3 aromatic heterocycles. The van der Waals surface area contributed by atoms with Crippen molar-refractivity contribution < 1.29 is 4.79 Å². The van der Waals surface area contributed by atoms with Crippen LogP contribution in [0.4, 0.5) is 11.4 Å². The number of carbonyl (C=O) groups excluding carboxylic acids is 1. The molecule has 1 amide bonds. The van der Waals surface area contributed by atoms with E-state index in [4.69, 9.17) is 15.0 Å². The van der Waals surface area contributed by atoms with Gasteiger partial charge in [-0.05, 0) is 149 Å². The zero-order valence-corrected chi connectivity index (χ0v) is 40.0. The summed E-state index contributed by atoms with van der Waals surface area (Å²) in [5.74, 6) is -0.179. The first-order valence-electron chi connectivity index (χ1n) is 22.7. The van der Waals surface area contributed by atoms with Gasteiger partial charge in [0.25, 0.3) is 5.91 Å². The second-order valence-electron chi connectivity index (χ2n) is 17.0. The van der Waals surface area contributed by atoms with Crippen molar-refractivity contribution in [3.8, 4) is 78.3 Å². The zero-order valence-electron chi connectivity index (χ0n) is 36.9. The van der Waals surface area contributed by atoms with Crippen molar-refractivity contribution in [3.05, 3.63) is 244 Å². The van der Waals surface area contributed by atoms with E-state index < -0.39 is 0 Å². The Morgan fingerprint density at radius 2 is 0.868 bits per heavy atom. The molecule has 11 rings (SSSR count).